The van der Waals surface area contributed by atoms with E-state index in [2.05, 4.69) is 22.0 Å². The van der Waals surface area contributed by atoms with Crippen LogP contribution in [0.15, 0.2) is 40.9 Å². The molecule has 0 aliphatic rings. The Morgan fingerprint density at radius 1 is 1.17 bits per heavy atom. The van der Waals surface area contributed by atoms with Crippen LogP contribution in [-0.4, -0.2) is 0 Å². The smallest absolute Gasteiger partial charge is 0.166 e. The molecule has 2 aromatic carbocycles. The van der Waals surface area contributed by atoms with Gasteiger partial charge in [-0.3, -0.25) is 0 Å². The zero-order chi connectivity index (χ0) is 13.3. The van der Waals surface area contributed by atoms with Crippen molar-refractivity contribution in [1.82, 2.24) is 0 Å². The Labute approximate surface area is 116 Å². The molecule has 0 bridgehead atoms. The van der Waals surface area contributed by atoms with Gasteiger partial charge in [0.2, 0.25) is 0 Å². The second-order valence-corrected chi connectivity index (χ2v) is 4.92. The molecule has 0 spiro atoms. The molecule has 0 aliphatic carbocycles. The third-order valence-electron chi connectivity index (χ3n) is 2.36. The third kappa shape index (κ3) is 2.87. The SMILES string of the molecule is FC(F)(F)c1cccc(-c2cc(Br)c[c]c2Cl)c1. The summed E-state index contributed by atoms with van der Waals surface area (Å²) in [5.74, 6) is 0. The maximum Gasteiger partial charge on any atom is 0.416 e. The number of alkyl halides is 3. The summed E-state index contributed by atoms with van der Waals surface area (Å²) >= 11 is 9.18. The second kappa shape index (κ2) is 4.94. The van der Waals surface area contributed by atoms with Crippen molar-refractivity contribution in [3.05, 3.63) is 57.5 Å². The van der Waals surface area contributed by atoms with Gasteiger partial charge in [0.25, 0.3) is 0 Å². The Morgan fingerprint density at radius 3 is 2.56 bits per heavy atom. The molecular formula is C13H6BrClF3. The normalized spacial score (nSPS) is 11.6. The van der Waals surface area contributed by atoms with Gasteiger partial charge in [0.1, 0.15) is 0 Å². The highest BCUT2D eigenvalue weighted by molar-refractivity contribution is 9.10. The zero-order valence-corrected chi connectivity index (χ0v) is 11.2. The predicted octanol–water partition coefficient (Wildman–Crippen LogP) is 5.59. The average Bonchev–Trinajstić information content (AvgIpc) is 2.31. The van der Waals surface area contributed by atoms with Crippen molar-refractivity contribution in [2.24, 2.45) is 0 Å². The minimum atomic E-state index is -4.36. The molecule has 18 heavy (non-hydrogen) atoms. The van der Waals surface area contributed by atoms with E-state index in [9.17, 15) is 13.2 Å². The zero-order valence-electron chi connectivity index (χ0n) is 8.85. The van der Waals surface area contributed by atoms with Crippen LogP contribution in [0.25, 0.3) is 11.1 Å². The first-order valence-electron chi connectivity index (χ1n) is 4.92. The standard InChI is InChI=1S/C13H6BrClF3/c14-10-4-5-12(15)11(7-10)8-2-1-3-9(6-8)13(16,17)18/h1-4,6-7H. The molecule has 0 amide bonds. The van der Waals surface area contributed by atoms with Crippen LogP contribution >= 0.6 is 27.5 Å². The van der Waals surface area contributed by atoms with E-state index >= 15 is 0 Å². The summed E-state index contributed by atoms with van der Waals surface area (Å²) < 4.78 is 38.5. The van der Waals surface area contributed by atoms with Crippen molar-refractivity contribution in [2.75, 3.05) is 0 Å². The minimum absolute atomic E-state index is 0.289. The lowest BCUT2D eigenvalue weighted by Crippen LogP contribution is -2.04. The lowest BCUT2D eigenvalue weighted by atomic mass is 10.0. The highest BCUT2D eigenvalue weighted by Gasteiger charge is 2.30. The minimum Gasteiger partial charge on any atom is -0.166 e. The van der Waals surface area contributed by atoms with E-state index in [-0.39, 0.29) is 5.02 Å². The van der Waals surface area contributed by atoms with Gasteiger partial charge in [-0.25, -0.2) is 0 Å². The van der Waals surface area contributed by atoms with E-state index in [1.165, 1.54) is 6.07 Å². The molecule has 0 aromatic heterocycles. The largest absolute Gasteiger partial charge is 0.416 e. The number of rotatable bonds is 1. The van der Waals surface area contributed by atoms with Gasteiger partial charge in [0, 0.05) is 16.1 Å². The van der Waals surface area contributed by atoms with Crippen LogP contribution < -0.4 is 0 Å². The van der Waals surface area contributed by atoms with Crippen LogP contribution in [0.4, 0.5) is 13.2 Å². The first-order valence-corrected chi connectivity index (χ1v) is 6.09. The second-order valence-electron chi connectivity index (χ2n) is 3.62. The fourth-order valence-electron chi connectivity index (χ4n) is 1.53. The van der Waals surface area contributed by atoms with E-state index in [0.717, 1.165) is 12.1 Å². The maximum absolute atomic E-state index is 12.6. The Bertz CT molecular complexity index is 579. The van der Waals surface area contributed by atoms with Crippen molar-refractivity contribution in [1.29, 1.82) is 0 Å². The molecule has 0 saturated carbocycles. The van der Waals surface area contributed by atoms with Gasteiger partial charge in [-0.1, -0.05) is 39.7 Å². The predicted molar refractivity (Wildman–Crippen MR) is 68.4 cm³/mol. The molecular weight excluding hydrogens is 328 g/mol. The van der Waals surface area contributed by atoms with E-state index < -0.39 is 11.7 Å². The van der Waals surface area contributed by atoms with Gasteiger partial charge in [0.05, 0.1) is 10.6 Å². The van der Waals surface area contributed by atoms with E-state index in [4.69, 9.17) is 11.6 Å². The molecule has 0 saturated heterocycles. The number of halogens is 5. The summed E-state index contributed by atoms with van der Waals surface area (Å²) in [6.07, 6.45) is -4.36. The van der Waals surface area contributed by atoms with Crippen molar-refractivity contribution in [2.45, 2.75) is 6.18 Å². The van der Waals surface area contributed by atoms with Crippen molar-refractivity contribution in [3.63, 3.8) is 0 Å². The lowest BCUT2D eigenvalue weighted by molar-refractivity contribution is -0.137. The molecule has 2 rings (SSSR count). The molecule has 5 heteroatoms. The van der Waals surface area contributed by atoms with Crippen LogP contribution in [0.3, 0.4) is 0 Å². The van der Waals surface area contributed by atoms with E-state index in [1.807, 2.05) is 0 Å². The molecule has 0 fully saturated rings. The first kappa shape index (κ1) is 13.4. The number of hydrogen-bond donors (Lipinski definition) is 0. The van der Waals surface area contributed by atoms with Gasteiger partial charge < -0.3 is 0 Å². The van der Waals surface area contributed by atoms with Gasteiger partial charge >= 0.3 is 6.18 Å². The monoisotopic (exact) mass is 333 g/mol. The van der Waals surface area contributed by atoms with Crippen molar-refractivity contribution < 1.29 is 13.2 Å². The van der Waals surface area contributed by atoms with E-state index in [1.54, 1.807) is 18.2 Å². The van der Waals surface area contributed by atoms with Gasteiger partial charge in [0.15, 0.2) is 0 Å². The van der Waals surface area contributed by atoms with Crippen LogP contribution in [-0.2, 0) is 6.18 Å². The molecule has 0 unspecified atom stereocenters. The summed E-state index contributed by atoms with van der Waals surface area (Å²) in [6, 6.07) is 11.1. The summed E-state index contributed by atoms with van der Waals surface area (Å²) in [7, 11) is 0. The molecule has 0 aliphatic heterocycles. The maximum atomic E-state index is 12.6. The number of benzene rings is 2. The highest BCUT2D eigenvalue weighted by atomic mass is 79.9. The Balaban J connectivity index is 2.55. The van der Waals surface area contributed by atoms with Gasteiger partial charge in [-0.2, -0.15) is 13.2 Å². The summed E-state index contributed by atoms with van der Waals surface area (Å²) in [5.41, 5.74) is 0.223. The molecule has 0 atom stereocenters. The third-order valence-corrected chi connectivity index (χ3v) is 3.13. The fourth-order valence-corrected chi connectivity index (χ4v) is 2.09. The summed E-state index contributed by atoms with van der Waals surface area (Å²) in [4.78, 5) is 0. The Hall–Kier alpha value is -1.00. The van der Waals surface area contributed by atoms with Crippen LogP contribution in [0, 0.1) is 6.07 Å². The molecule has 0 heterocycles. The van der Waals surface area contributed by atoms with Crippen LogP contribution in [0.5, 0.6) is 0 Å². The molecule has 0 N–H and O–H groups in total. The topological polar surface area (TPSA) is 0 Å². The van der Waals surface area contributed by atoms with Gasteiger partial charge in [-0.15, -0.1) is 0 Å². The summed E-state index contributed by atoms with van der Waals surface area (Å²) in [5, 5.41) is 0.289. The van der Waals surface area contributed by atoms with Crippen LogP contribution in [0.1, 0.15) is 5.56 Å². The lowest BCUT2D eigenvalue weighted by Gasteiger charge is -2.10. The summed E-state index contributed by atoms with van der Waals surface area (Å²) in [6.45, 7) is 0. The fraction of sp³-hybridized carbons (Fsp3) is 0.0769. The van der Waals surface area contributed by atoms with Crippen LogP contribution in [0.2, 0.25) is 5.02 Å². The first-order chi connectivity index (χ1) is 8.38. The average molecular weight is 335 g/mol. The molecule has 1 radical (unpaired) electrons. The van der Waals surface area contributed by atoms with Crippen molar-refractivity contribution >= 4 is 27.5 Å². The highest BCUT2D eigenvalue weighted by Crippen LogP contribution is 2.35. The number of hydrogen-bond acceptors (Lipinski definition) is 0. The molecule has 2 aromatic rings. The Kier molecular flexibility index (Phi) is 3.69. The molecule has 0 nitrogen and oxygen atoms in total. The molecule has 93 valence electrons. The quantitative estimate of drug-likeness (QED) is 0.638. The Morgan fingerprint density at radius 2 is 1.89 bits per heavy atom. The van der Waals surface area contributed by atoms with E-state index in [0.29, 0.717) is 15.6 Å². The van der Waals surface area contributed by atoms with Crippen molar-refractivity contribution in [3.8, 4) is 11.1 Å². The van der Waals surface area contributed by atoms with Gasteiger partial charge in [-0.05, 0) is 29.8 Å².